The van der Waals surface area contributed by atoms with Crippen molar-refractivity contribution in [3.63, 3.8) is 0 Å². The molecule has 0 atom stereocenters. The number of rotatable bonds is 4. The molecule has 0 saturated carbocycles. The number of halogens is 1. The Morgan fingerprint density at radius 3 is 2.39 bits per heavy atom. The molecule has 0 saturated heterocycles. The average molecular weight is 324 g/mol. The van der Waals surface area contributed by atoms with Gasteiger partial charge in [0, 0.05) is 27.8 Å². The van der Waals surface area contributed by atoms with Crippen LogP contribution in [0.5, 0.6) is 0 Å². The van der Waals surface area contributed by atoms with Gasteiger partial charge in [-0.15, -0.1) is 0 Å². The molecule has 1 aromatic heterocycles. The molecule has 23 heavy (non-hydrogen) atoms. The van der Waals surface area contributed by atoms with E-state index in [1.165, 1.54) is 0 Å². The number of carbonyl (C=O) groups excluding carboxylic acids is 1. The van der Waals surface area contributed by atoms with E-state index < -0.39 is 0 Å². The first-order valence-corrected chi connectivity index (χ1v) is 7.65. The molecule has 3 nitrogen and oxygen atoms in total. The number of nitrogens with two attached hydrogens (primary N) is 1. The minimum atomic E-state index is -0.0210. The highest BCUT2D eigenvalue weighted by Gasteiger charge is 2.15. The summed E-state index contributed by atoms with van der Waals surface area (Å²) in [5.74, 6) is 0.633. The van der Waals surface area contributed by atoms with Gasteiger partial charge in [0.25, 0.3) is 5.82 Å². The number of pyridine rings is 1. The van der Waals surface area contributed by atoms with Gasteiger partial charge in [-0.2, -0.15) is 0 Å². The van der Waals surface area contributed by atoms with E-state index in [1.54, 1.807) is 24.3 Å². The predicted octanol–water partition coefficient (Wildman–Crippen LogP) is 3.49. The Kier molecular flexibility index (Phi) is 4.40. The standard InChI is InChI=1S/C19H15ClN2O/c20-16-10-8-14(9-11-16)19(23)17-6-2-1-5-15(17)13-22-12-4-3-7-18(22)21/h1-12,21H,13H2/p+1. The molecule has 0 aliphatic heterocycles. The van der Waals surface area contributed by atoms with Crippen LogP contribution in [0.4, 0.5) is 5.82 Å². The van der Waals surface area contributed by atoms with Crippen molar-refractivity contribution in [2.24, 2.45) is 0 Å². The number of ketones is 1. The Morgan fingerprint density at radius 1 is 0.957 bits per heavy atom. The van der Waals surface area contributed by atoms with Crippen LogP contribution in [-0.4, -0.2) is 5.78 Å². The maximum absolute atomic E-state index is 12.8. The number of hydrogen-bond acceptors (Lipinski definition) is 2. The van der Waals surface area contributed by atoms with Crippen molar-refractivity contribution in [3.8, 4) is 0 Å². The average Bonchev–Trinajstić information content (AvgIpc) is 2.57. The lowest BCUT2D eigenvalue weighted by molar-refractivity contribution is -0.674. The fraction of sp³-hybridized carbons (Fsp3) is 0.0526. The maximum atomic E-state index is 12.8. The first-order valence-electron chi connectivity index (χ1n) is 7.27. The summed E-state index contributed by atoms with van der Waals surface area (Å²) in [4.78, 5) is 12.8. The summed E-state index contributed by atoms with van der Waals surface area (Å²) in [5.41, 5.74) is 8.20. The summed E-state index contributed by atoms with van der Waals surface area (Å²) in [7, 11) is 0. The lowest BCUT2D eigenvalue weighted by atomic mass is 9.98. The molecule has 0 bridgehead atoms. The zero-order chi connectivity index (χ0) is 16.2. The zero-order valence-electron chi connectivity index (χ0n) is 12.4. The number of carbonyl (C=O) groups is 1. The summed E-state index contributed by atoms with van der Waals surface area (Å²) >= 11 is 5.89. The lowest BCUT2D eigenvalue weighted by Crippen LogP contribution is -2.37. The fourth-order valence-electron chi connectivity index (χ4n) is 2.45. The third kappa shape index (κ3) is 3.41. The quantitative estimate of drug-likeness (QED) is 0.590. The summed E-state index contributed by atoms with van der Waals surface area (Å²) in [6.45, 7) is 0.544. The van der Waals surface area contributed by atoms with E-state index in [9.17, 15) is 4.79 Å². The number of nitrogens with zero attached hydrogens (tertiary/aromatic N) is 1. The van der Waals surface area contributed by atoms with Crippen LogP contribution in [0.1, 0.15) is 21.5 Å². The predicted molar refractivity (Wildman–Crippen MR) is 91.5 cm³/mol. The highest BCUT2D eigenvalue weighted by atomic mass is 35.5. The van der Waals surface area contributed by atoms with Crippen LogP contribution in [0.3, 0.4) is 0 Å². The summed E-state index contributed by atoms with van der Waals surface area (Å²) in [5, 5.41) is 0.613. The highest BCUT2D eigenvalue weighted by Crippen LogP contribution is 2.17. The van der Waals surface area contributed by atoms with Gasteiger partial charge in [0.2, 0.25) is 0 Å². The van der Waals surface area contributed by atoms with Crippen molar-refractivity contribution in [2.75, 3.05) is 5.73 Å². The fourth-order valence-corrected chi connectivity index (χ4v) is 2.58. The molecule has 0 aliphatic carbocycles. The van der Waals surface area contributed by atoms with Gasteiger partial charge in [-0.1, -0.05) is 41.9 Å². The number of anilines is 1. The smallest absolute Gasteiger partial charge is 0.272 e. The monoisotopic (exact) mass is 323 g/mol. The third-order valence-corrected chi connectivity index (χ3v) is 3.94. The summed E-state index contributed by atoms with van der Waals surface area (Å²) < 4.78 is 1.91. The van der Waals surface area contributed by atoms with E-state index in [0.29, 0.717) is 28.5 Å². The summed E-state index contributed by atoms with van der Waals surface area (Å²) in [6, 6.07) is 20.1. The molecule has 0 unspecified atom stereocenters. The molecular weight excluding hydrogens is 308 g/mol. The van der Waals surface area contributed by atoms with Crippen molar-refractivity contribution in [1.29, 1.82) is 0 Å². The van der Waals surface area contributed by atoms with Crippen molar-refractivity contribution >= 4 is 23.2 Å². The Balaban J connectivity index is 1.96. The molecule has 0 radical (unpaired) electrons. The van der Waals surface area contributed by atoms with Crippen LogP contribution in [0, 0.1) is 0 Å². The van der Waals surface area contributed by atoms with Crippen LogP contribution in [0.15, 0.2) is 72.9 Å². The lowest BCUT2D eigenvalue weighted by Gasteiger charge is -2.09. The minimum Gasteiger partial charge on any atom is -0.289 e. The molecule has 3 rings (SSSR count). The molecule has 0 amide bonds. The van der Waals surface area contributed by atoms with Crippen molar-refractivity contribution in [2.45, 2.75) is 6.54 Å². The molecule has 114 valence electrons. The highest BCUT2D eigenvalue weighted by molar-refractivity contribution is 6.30. The molecule has 0 aliphatic rings. The maximum Gasteiger partial charge on any atom is 0.272 e. The first-order chi connectivity index (χ1) is 11.1. The number of hydrogen-bond donors (Lipinski definition) is 1. The topological polar surface area (TPSA) is 47.0 Å². The Labute approximate surface area is 140 Å². The van der Waals surface area contributed by atoms with Crippen molar-refractivity contribution in [1.82, 2.24) is 0 Å². The van der Waals surface area contributed by atoms with Crippen LogP contribution in [0.25, 0.3) is 0 Å². The number of nitrogen functional groups attached to an aromatic ring is 1. The van der Waals surface area contributed by atoms with E-state index in [4.69, 9.17) is 17.3 Å². The second-order valence-corrected chi connectivity index (χ2v) is 5.68. The molecule has 2 N–H and O–H groups in total. The third-order valence-electron chi connectivity index (χ3n) is 3.68. The van der Waals surface area contributed by atoms with Crippen molar-refractivity contribution in [3.05, 3.63) is 94.6 Å². The van der Waals surface area contributed by atoms with E-state index in [-0.39, 0.29) is 5.78 Å². The molecule has 1 heterocycles. The van der Waals surface area contributed by atoms with E-state index in [1.807, 2.05) is 53.2 Å². The summed E-state index contributed by atoms with van der Waals surface area (Å²) in [6.07, 6.45) is 1.90. The van der Waals surface area contributed by atoms with Gasteiger partial charge in [0.05, 0.1) is 6.20 Å². The molecule has 0 fully saturated rings. The van der Waals surface area contributed by atoms with Gasteiger partial charge in [-0.3, -0.25) is 10.5 Å². The Hall–Kier alpha value is -2.65. The first kappa shape index (κ1) is 15.3. The van der Waals surface area contributed by atoms with Crippen LogP contribution in [0.2, 0.25) is 5.02 Å². The van der Waals surface area contributed by atoms with Gasteiger partial charge >= 0.3 is 0 Å². The molecule has 0 spiro atoms. The molecule has 3 aromatic rings. The van der Waals surface area contributed by atoms with Gasteiger partial charge in [-0.25, -0.2) is 4.57 Å². The number of benzene rings is 2. The SMILES string of the molecule is Nc1cccc[n+]1Cc1ccccc1C(=O)c1ccc(Cl)cc1. The zero-order valence-corrected chi connectivity index (χ0v) is 13.2. The van der Waals surface area contributed by atoms with Gasteiger partial charge in [-0.05, 0) is 30.3 Å². The van der Waals surface area contributed by atoms with E-state index in [0.717, 1.165) is 5.56 Å². The van der Waals surface area contributed by atoms with Gasteiger partial charge < -0.3 is 0 Å². The van der Waals surface area contributed by atoms with Crippen LogP contribution in [-0.2, 0) is 6.54 Å². The van der Waals surface area contributed by atoms with Crippen LogP contribution < -0.4 is 10.3 Å². The normalized spacial score (nSPS) is 10.5. The Morgan fingerprint density at radius 2 is 1.65 bits per heavy atom. The van der Waals surface area contributed by atoms with Crippen LogP contribution >= 0.6 is 11.6 Å². The van der Waals surface area contributed by atoms with Gasteiger partial charge in [0.15, 0.2) is 5.78 Å². The van der Waals surface area contributed by atoms with Gasteiger partial charge in [0.1, 0.15) is 6.54 Å². The Bertz CT molecular complexity index is 844. The minimum absolute atomic E-state index is 0.0210. The number of aromatic nitrogens is 1. The second-order valence-electron chi connectivity index (χ2n) is 5.25. The largest absolute Gasteiger partial charge is 0.289 e. The van der Waals surface area contributed by atoms with E-state index >= 15 is 0 Å². The van der Waals surface area contributed by atoms with Crippen molar-refractivity contribution < 1.29 is 9.36 Å². The molecular formula is C19H16ClN2O+. The molecule has 2 aromatic carbocycles. The second kappa shape index (κ2) is 6.63. The molecule has 4 heteroatoms. The van der Waals surface area contributed by atoms with E-state index in [2.05, 4.69) is 0 Å².